The van der Waals surface area contributed by atoms with E-state index in [0.29, 0.717) is 11.3 Å². The summed E-state index contributed by atoms with van der Waals surface area (Å²) in [6, 6.07) is 0.953. The van der Waals surface area contributed by atoms with Gasteiger partial charge in [0.05, 0.1) is 6.04 Å². The fourth-order valence-corrected chi connectivity index (χ4v) is 2.99. The zero-order valence-corrected chi connectivity index (χ0v) is 10.9. The van der Waals surface area contributed by atoms with E-state index in [2.05, 4.69) is 28.7 Å². The SMILES string of the molecule is CCN(C1=NC(Cl)=NC(C)C1)C1CCCC1. The number of rotatable bonds is 2. The number of amidine groups is 2. The fourth-order valence-electron chi connectivity index (χ4n) is 2.72. The molecule has 1 aliphatic carbocycles. The van der Waals surface area contributed by atoms with Crippen LogP contribution in [0.15, 0.2) is 9.98 Å². The Labute approximate surface area is 103 Å². The normalized spacial score (nSPS) is 26.6. The molecule has 0 aromatic carbocycles. The molecule has 1 unspecified atom stereocenters. The summed E-state index contributed by atoms with van der Waals surface area (Å²) in [6.45, 7) is 5.32. The summed E-state index contributed by atoms with van der Waals surface area (Å²) in [5, 5.41) is 0.421. The van der Waals surface area contributed by atoms with Crippen LogP contribution in [0.2, 0.25) is 0 Å². The minimum absolute atomic E-state index is 0.274. The Kier molecular flexibility index (Phi) is 3.85. The van der Waals surface area contributed by atoms with Crippen LogP contribution < -0.4 is 0 Å². The number of hydrogen-bond donors (Lipinski definition) is 0. The summed E-state index contributed by atoms with van der Waals surface area (Å²) >= 11 is 5.95. The zero-order valence-electron chi connectivity index (χ0n) is 10.1. The number of halogens is 1. The summed E-state index contributed by atoms with van der Waals surface area (Å²) < 4.78 is 0. The third-order valence-electron chi connectivity index (χ3n) is 3.46. The van der Waals surface area contributed by atoms with Crippen molar-refractivity contribution >= 4 is 22.7 Å². The van der Waals surface area contributed by atoms with E-state index in [0.717, 1.165) is 18.8 Å². The van der Waals surface area contributed by atoms with Crippen molar-refractivity contribution in [1.82, 2.24) is 4.90 Å². The van der Waals surface area contributed by atoms with Gasteiger partial charge in [0.25, 0.3) is 0 Å². The Balaban J connectivity index is 2.11. The molecule has 4 heteroatoms. The fraction of sp³-hybridized carbons (Fsp3) is 0.833. The maximum Gasteiger partial charge on any atom is 0.219 e. The van der Waals surface area contributed by atoms with Crippen molar-refractivity contribution in [2.45, 2.75) is 58.0 Å². The van der Waals surface area contributed by atoms with Crippen LogP contribution in [0.25, 0.3) is 0 Å². The lowest BCUT2D eigenvalue weighted by Crippen LogP contribution is -2.41. The monoisotopic (exact) mass is 241 g/mol. The highest BCUT2D eigenvalue weighted by Gasteiger charge is 2.26. The number of nitrogens with zero attached hydrogens (tertiary/aromatic N) is 3. The number of aliphatic imine (C=N–C) groups is 2. The molecule has 0 N–H and O–H groups in total. The van der Waals surface area contributed by atoms with Gasteiger partial charge in [-0.1, -0.05) is 12.8 Å². The molecule has 0 saturated heterocycles. The predicted molar refractivity (Wildman–Crippen MR) is 69.4 cm³/mol. The van der Waals surface area contributed by atoms with Crippen molar-refractivity contribution in [3.8, 4) is 0 Å². The first-order valence-corrected chi connectivity index (χ1v) is 6.66. The van der Waals surface area contributed by atoms with Crippen molar-refractivity contribution < 1.29 is 0 Å². The molecule has 1 atom stereocenters. The minimum Gasteiger partial charge on any atom is -0.357 e. The standard InChI is InChI=1S/C12H20ClN3/c1-3-16(10-6-4-5-7-10)11-8-9(2)14-12(13)15-11/h9-10H,3-8H2,1-2H3. The van der Waals surface area contributed by atoms with Gasteiger partial charge in [-0.2, -0.15) is 0 Å². The van der Waals surface area contributed by atoms with Crippen molar-refractivity contribution in [2.24, 2.45) is 9.98 Å². The molecule has 1 fully saturated rings. The highest BCUT2D eigenvalue weighted by atomic mass is 35.5. The lowest BCUT2D eigenvalue weighted by molar-refractivity contribution is 0.320. The summed E-state index contributed by atoms with van der Waals surface area (Å²) in [4.78, 5) is 11.1. The van der Waals surface area contributed by atoms with Gasteiger partial charge in [0.2, 0.25) is 5.29 Å². The molecule has 2 rings (SSSR count). The first-order chi connectivity index (χ1) is 7.70. The molecule has 90 valence electrons. The molecule has 0 bridgehead atoms. The smallest absolute Gasteiger partial charge is 0.219 e. The average Bonchev–Trinajstić information content (AvgIpc) is 2.70. The first-order valence-electron chi connectivity index (χ1n) is 6.28. The van der Waals surface area contributed by atoms with Gasteiger partial charge in [0.1, 0.15) is 5.84 Å². The van der Waals surface area contributed by atoms with Gasteiger partial charge in [0, 0.05) is 19.0 Å². The highest BCUT2D eigenvalue weighted by Crippen LogP contribution is 2.25. The highest BCUT2D eigenvalue weighted by molar-refractivity contribution is 6.65. The van der Waals surface area contributed by atoms with E-state index in [4.69, 9.17) is 11.6 Å². The van der Waals surface area contributed by atoms with Crippen LogP contribution in [0.1, 0.15) is 46.0 Å². The van der Waals surface area contributed by atoms with Crippen LogP contribution in [-0.4, -0.2) is 34.7 Å². The second kappa shape index (κ2) is 5.17. The topological polar surface area (TPSA) is 28.0 Å². The molecule has 0 spiro atoms. The molecule has 0 aromatic rings. The van der Waals surface area contributed by atoms with Gasteiger partial charge in [-0.3, -0.25) is 4.99 Å². The van der Waals surface area contributed by atoms with Crippen molar-refractivity contribution in [1.29, 1.82) is 0 Å². The van der Waals surface area contributed by atoms with Gasteiger partial charge in [-0.15, -0.1) is 0 Å². The second-order valence-electron chi connectivity index (χ2n) is 4.70. The lowest BCUT2D eigenvalue weighted by atomic mass is 10.1. The van der Waals surface area contributed by atoms with E-state index in [1.165, 1.54) is 25.7 Å². The van der Waals surface area contributed by atoms with E-state index in [1.807, 2.05) is 0 Å². The second-order valence-corrected chi connectivity index (χ2v) is 5.04. The molecule has 3 nitrogen and oxygen atoms in total. The Morgan fingerprint density at radius 3 is 2.62 bits per heavy atom. The van der Waals surface area contributed by atoms with Gasteiger partial charge in [-0.05, 0) is 38.3 Å². The third kappa shape index (κ3) is 2.57. The van der Waals surface area contributed by atoms with Crippen LogP contribution in [0.4, 0.5) is 0 Å². The molecule has 1 heterocycles. The molecule has 0 aromatic heterocycles. The molecule has 0 radical (unpaired) electrons. The molecule has 1 aliphatic heterocycles. The summed E-state index contributed by atoms with van der Waals surface area (Å²) in [6.07, 6.45) is 6.24. The maximum atomic E-state index is 5.95. The predicted octanol–water partition coefficient (Wildman–Crippen LogP) is 3.04. The van der Waals surface area contributed by atoms with Crippen LogP contribution >= 0.6 is 11.6 Å². The van der Waals surface area contributed by atoms with Crippen molar-refractivity contribution in [3.63, 3.8) is 0 Å². The van der Waals surface area contributed by atoms with E-state index >= 15 is 0 Å². The van der Waals surface area contributed by atoms with E-state index < -0.39 is 0 Å². The largest absolute Gasteiger partial charge is 0.357 e. The van der Waals surface area contributed by atoms with Crippen LogP contribution in [0.3, 0.4) is 0 Å². The quantitative estimate of drug-likeness (QED) is 0.683. The van der Waals surface area contributed by atoms with E-state index in [9.17, 15) is 0 Å². The zero-order chi connectivity index (χ0) is 11.5. The van der Waals surface area contributed by atoms with Crippen LogP contribution in [-0.2, 0) is 0 Å². The summed E-state index contributed by atoms with van der Waals surface area (Å²) in [5.41, 5.74) is 0. The van der Waals surface area contributed by atoms with Gasteiger partial charge in [0.15, 0.2) is 0 Å². The third-order valence-corrected chi connectivity index (χ3v) is 3.65. The first kappa shape index (κ1) is 11.9. The van der Waals surface area contributed by atoms with E-state index in [-0.39, 0.29) is 6.04 Å². The van der Waals surface area contributed by atoms with Crippen molar-refractivity contribution in [2.75, 3.05) is 6.54 Å². The average molecular weight is 242 g/mol. The lowest BCUT2D eigenvalue weighted by Gasteiger charge is -2.32. The molecule has 0 amide bonds. The molecule has 1 saturated carbocycles. The summed E-state index contributed by atoms with van der Waals surface area (Å²) in [5.74, 6) is 1.14. The Morgan fingerprint density at radius 2 is 2.06 bits per heavy atom. The molecule has 16 heavy (non-hydrogen) atoms. The van der Waals surface area contributed by atoms with Crippen molar-refractivity contribution in [3.05, 3.63) is 0 Å². The van der Waals surface area contributed by atoms with Crippen LogP contribution in [0.5, 0.6) is 0 Å². The van der Waals surface area contributed by atoms with Crippen LogP contribution in [0, 0.1) is 0 Å². The Bertz CT molecular complexity index is 305. The summed E-state index contributed by atoms with van der Waals surface area (Å²) in [7, 11) is 0. The van der Waals surface area contributed by atoms with E-state index in [1.54, 1.807) is 0 Å². The van der Waals surface area contributed by atoms with Gasteiger partial charge >= 0.3 is 0 Å². The van der Waals surface area contributed by atoms with Gasteiger partial charge < -0.3 is 4.90 Å². The molecular weight excluding hydrogens is 222 g/mol. The minimum atomic E-state index is 0.274. The Hall–Kier alpha value is -0.570. The molecular formula is C12H20ClN3. The Morgan fingerprint density at radius 1 is 1.38 bits per heavy atom. The number of hydrogen-bond acceptors (Lipinski definition) is 3. The molecule has 2 aliphatic rings. The maximum absolute atomic E-state index is 5.95. The van der Waals surface area contributed by atoms with Gasteiger partial charge in [-0.25, -0.2) is 4.99 Å².